The Morgan fingerprint density at radius 2 is 1.86 bits per heavy atom. The van der Waals surface area contributed by atoms with Gasteiger partial charge in [0.25, 0.3) is 0 Å². The molecule has 1 aliphatic rings. The van der Waals surface area contributed by atoms with Crippen LogP contribution < -0.4 is 0 Å². The van der Waals surface area contributed by atoms with Crippen LogP contribution in [0.2, 0.25) is 0 Å². The van der Waals surface area contributed by atoms with Crippen molar-refractivity contribution in [2.75, 3.05) is 0 Å². The lowest BCUT2D eigenvalue weighted by Crippen LogP contribution is -2.58. The molecule has 4 unspecified atom stereocenters. The average molecular weight is 323 g/mol. The molecule has 4 atom stereocenters. The maximum atomic E-state index is 3.28. The van der Waals surface area contributed by atoms with Gasteiger partial charge in [-0.1, -0.05) is 64.8 Å². The summed E-state index contributed by atoms with van der Waals surface area (Å²) in [6.45, 7) is 16.7. The molecule has 0 fully saturated rings. The molecular formula is C21H39P. The lowest BCUT2D eigenvalue weighted by molar-refractivity contribution is -0.0525. The lowest BCUT2D eigenvalue weighted by atomic mass is 9.45. The molecule has 1 rings (SSSR count). The Morgan fingerprint density at radius 1 is 1.27 bits per heavy atom. The van der Waals surface area contributed by atoms with Crippen molar-refractivity contribution in [3.05, 3.63) is 23.8 Å². The van der Waals surface area contributed by atoms with Gasteiger partial charge in [0.15, 0.2) is 0 Å². The summed E-state index contributed by atoms with van der Waals surface area (Å²) in [4.78, 5) is 0. The molecule has 0 saturated carbocycles. The fourth-order valence-corrected chi connectivity index (χ4v) is 6.57. The van der Waals surface area contributed by atoms with Gasteiger partial charge in [-0.2, -0.15) is 0 Å². The molecule has 0 radical (unpaired) electrons. The topological polar surface area (TPSA) is 0 Å². The van der Waals surface area contributed by atoms with Crippen molar-refractivity contribution < 1.29 is 0 Å². The van der Waals surface area contributed by atoms with Gasteiger partial charge in [0.2, 0.25) is 0 Å². The zero-order chi connectivity index (χ0) is 17.0. The fourth-order valence-electron chi connectivity index (χ4n) is 5.74. The first-order valence-corrected chi connectivity index (χ1v) is 9.98. The van der Waals surface area contributed by atoms with E-state index in [9.17, 15) is 0 Å². The highest BCUT2D eigenvalue weighted by atomic mass is 31.0. The first kappa shape index (κ1) is 20.0. The summed E-state index contributed by atoms with van der Waals surface area (Å²) >= 11 is 0. The predicted molar refractivity (Wildman–Crippen MR) is 105 cm³/mol. The molecule has 0 bridgehead atoms. The molecule has 0 aromatic heterocycles. The van der Waals surface area contributed by atoms with Crippen LogP contribution in [0, 0.1) is 16.7 Å². The Bertz CT molecular complexity index is 412. The Labute approximate surface area is 142 Å². The van der Waals surface area contributed by atoms with E-state index in [4.69, 9.17) is 0 Å². The Balaban J connectivity index is 3.66. The Morgan fingerprint density at radius 3 is 2.27 bits per heavy atom. The Hall–Kier alpha value is -0.0900. The summed E-state index contributed by atoms with van der Waals surface area (Å²) in [7, 11) is 3.28. The molecule has 1 aliphatic carbocycles. The zero-order valence-electron chi connectivity index (χ0n) is 16.1. The van der Waals surface area contributed by atoms with Gasteiger partial charge in [0, 0.05) is 5.92 Å². The van der Waals surface area contributed by atoms with Crippen molar-refractivity contribution in [1.82, 2.24) is 0 Å². The minimum absolute atomic E-state index is 0.270. The van der Waals surface area contributed by atoms with Gasteiger partial charge >= 0.3 is 0 Å². The third-order valence-corrected chi connectivity index (χ3v) is 7.70. The lowest BCUT2D eigenvalue weighted by Gasteiger charge is -2.63. The largest absolute Gasteiger partial charge is 0.130 e. The monoisotopic (exact) mass is 322 g/mol. The molecule has 128 valence electrons. The van der Waals surface area contributed by atoms with Crippen LogP contribution in [0.25, 0.3) is 0 Å². The van der Waals surface area contributed by atoms with Gasteiger partial charge in [-0.3, -0.25) is 0 Å². The van der Waals surface area contributed by atoms with Gasteiger partial charge in [0.05, 0.1) is 0 Å². The van der Waals surface area contributed by atoms with Gasteiger partial charge in [-0.05, 0) is 61.9 Å². The van der Waals surface area contributed by atoms with Gasteiger partial charge in [0.1, 0.15) is 0 Å². The fraction of sp³-hybridized carbons (Fsp3) is 0.810. The van der Waals surface area contributed by atoms with Crippen molar-refractivity contribution >= 4 is 9.24 Å². The number of allylic oxidation sites excluding steroid dienone is 4. The molecule has 1 heteroatoms. The van der Waals surface area contributed by atoms with E-state index in [0.717, 1.165) is 0 Å². The van der Waals surface area contributed by atoms with Crippen LogP contribution in [0.5, 0.6) is 0 Å². The molecule has 22 heavy (non-hydrogen) atoms. The van der Waals surface area contributed by atoms with E-state index in [-0.39, 0.29) is 5.16 Å². The molecule has 0 aromatic carbocycles. The van der Waals surface area contributed by atoms with Crippen LogP contribution in [-0.4, -0.2) is 5.16 Å². The highest BCUT2D eigenvalue weighted by molar-refractivity contribution is 7.19. The molecule has 0 aromatic rings. The van der Waals surface area contributed by atoms with Crippen molar-refractivity contribution in [2.45, 2.75) is 92.1 Å². The third kappa shape index (κ3) is 2.86. The van der Waals surface area contributed by atoms with E-state index in [0.29, 0.717) is 16.7 Å². The summed E-state index contributed by atoms with van der Waals surface area (Å²) < 4.78 is 0. The predicted octanol–water partition coefficient (Wildman–Crippen LogP) is 7.17. The van der Waals surface area contributed by atoms with Crippen LogP contribution >= 0.6 is 9.24 Å². The smallest absolute Gasteiger partial charge is 0.00441 e. The summed E-state index contributed by atoms with van der Waals surface area (Å²) in [5.74, 6) is 0.574. The minimum atomic E-state index is 0.270. The number of hydrogen-bond acceptors (Lipinski definition) is 0. The van der Waals surface area contributed by atoms with Crippen molar-refractivity contribution in [1.29, 1.82) is 0 Å². The maximum Gasteiger partial charge on any atom is 0.00441 e. The molecule has 0 heterocycles. The van der Waals surface area contributed by atoms with Crippen LogP contribution in [0.15, 0.2) is 23.8 Å². The van der Waals surface area contributed by atoms with E-state index in [1.165, 1.54) is 38.5 Å². The summed E-state index contributed by atoms with van der Waals surface area (Å²) in [5.41, 5.74) is 2.30. The minimum Gasteiger partial charge on any atom is -0.130 e. The highest BCUT2D eigenvalue weighted by Gasteiger charge is 2.59. The summed E-state index contributed by atoms with van der Waals surface area (Å²) in [6, 6.07) is 0. The maximum absolute atomic E-state index is 3.28. The molecule has 0 aliphatic heterocycles. The van der Waals surface area contributed by atoms with Crippen molar-refractivity contribution in [3.8, 4) is 0 Å². The van der Waals surface area contributed by atoms with Crippen LogP contribution in [0.1, 0.15) is 87.0 Å². The quantitative estimate of drug-likeness (QED) is 0.344. The first-order valence-electron chi connectivity index (χ1n) is 9.40. The molecule has 0 N–H and O–H groups in total. The van der Waals surface area contributed by atoms with Crippen molar-refractivity contribution in [2.24, 2.45) is 16.7 Å². The summed E-state index contributed by atoms with van der Waals surface area (Å²) in [5, 5.41) is 0.270. The first-order chi connectivity index (χ1) is 10.3. The Kier molecular flexibility index (Phi) is 6.94. The zero-order valence-corrected chi connectivity index (χ0v) is 17.3. The van der Waals surface area contributed by atoms with Crippen LogP contribution in [-0.2, 0) is 0 Å². The normalized spacial score (nSPS) is 33.3. The van der Waals surface area contributed by atoms with E-state index < -0.39 is 0 Å². The van der Waals surface area contributed by atoms with E-state index in [2.05, 4.69) is 75.9 Å². The highest BCUT2D eigenvalue weighted by Crippen LogP contribution is 2.66. The molecule has 0 spiro atoms. The molecular weight excluding hydrogens is 283 g/mol. The van der Waals surface area contributed by atoms with E-state index >= 15 is 0 Å². The second kappa shape index (κ2) is 7.65. The summed E-state index contributed by atoms with van der Waals surface area (Å²) in [6.07, 6.45) is 15.0. The SMILES string of the molecule is C/C=C(/C)C1C=CCC(C)(P)C1(CC)C(CC)(CC)CCC. The van der Waals surface area contributed by atoms with Gasteiger partial charge in [-0.15, -0.1) is 9.24 Å². The van der Waals surface area contributed by atoms with E-state index in [1.54, 1.807) is 5.57 Å². The molecule has 0 nitrogen and oxygen atoms in total. The van der Waals surface area contributed by atoms with Crippen LogP contribution in [0.3, 0.4) is 0 Å². The molecule has 0 amide bonds. The second-order valence-electron chi connectivity index (χ2n) is 7.62. The number of rotatable bonds is 7. The second-order valence-corrected chi connectivity index (χ2v) is 8.90. The number of hydrogen-bond donors (Lipinski definition) is 0. The average Bonchev–Trinajstić information content (AvgIpc) is 2.51. The molecule has 0 saturated heterocycles. The standard InChI is InChI=1S/C21H39P/c1-8-15-20(10-3,11-4)21(12-5)18(17(6)9-2)14-13-16-19(21,7)22/h9,13-14,18H,8,10-12,15-16,22H2,1-7H3/b17-9-. The van der Waals surface area contributed by atoms with Gasteiger partial charge < -0.3 is 0 Å². The van der Waals surface area contributed by atoms with E-state index in [1.807, 2.05) is 0 Å². The van der Waals surface area contributed by atoms with Gasteiger partial charge in [-0.25, -0.2) is 0 Å². The van der Waals surface area contributed by atoms with Crippen LogP contribution in [0.4, 0.5) is 0 Å². The third-order valence-electron chi connectivity index (χ3n) is 6.95. The van der Waals surface area contributed by atoms with Crippen molar-refractivity contribution in [3.63, 3.8) is 0 Å².